The highest BCUT2D eigenvalue weighted by atomic mass is 19.4. The number of benzene rings is 3. The Morgan fingerprint density at radius 3 is 2.16 bits per heavy atom. The molecule has 2 aromatic heterocycles. The number of pyridine rings is 1. The molecular formula is C37H34F6N4O4. The second kappa shape index (κ2) is 15.2. The van der Waals surface area contributed by atoms with Gasteiger partial charge in [0.2, 0.25) is 5.95 Å². The van der Waals surface area contributed by atoms with Crippen molar-refractivity contribution in [2.75, 3.05) is 18.6 Å². The summed E-state index contributed by atoms with van der Waals surface area (Å²) < 4.78 is 94.3. The monoisotopic (exact) mass is 712 g/mol. The van der Waals surface area contributed by atoms with Gasteiger partial charge >= 0.3 is 18.3 Å². The summed E-state index contributed by atoms with van der Waals surface area (Å²) in [7, 11) is 1.52. The summed E-state index contributed by atoms with van der Waals surface area (Å²) in [6, 6.07) is 16.3. The minimum atomic E-state index is -5.04. The van der Waals surface area contributed by atoms with Crippen LogP contribution in [0.4, 0.5) is 32.3 Å². The van der Waals surface area contributed by atoms with Crippen LogP contribution in [0.15, 0.2) is 79.1 Å². The van der Waals surface area contributed by atoms with Gasteiger partial charge in [-0.25, -0.2) is 15.0 Å². The second-order valence-corrected chi connectivity index (χ2v) is 12.1. The summed E-state index contributed by atoms with van der Waals surface area (Å²) in [4.78, 5) is 25.9. The quantitative estimate of drug-likeness (QED) is 0.0953. The van der Waals surface area contributed by atoms with E-state index in [0.717, 1.165) is 10.9 Å². The molecule has 2 heterocycles. The number of aromatic nitrogens is 3. The number of hydrogen-bond acceptors (Lipinski definition) is 7. The molecule has 5 rings (SSSR count). The van der Waals surface area contributed by atoms with Crippen LogP contribution < -0.4 is 14.4 Å². The van der Waals surface area contributed by atoms with Gasteiger partial charge in [0.15, 0.2) is 5.75 Å². The van der Waals surface area contributed by atoms with Gasteiger partial charge in [0.1, 0.15) is 5.75 Å². The van der Waals surface area contributed by atoms with Crippen molar-refractivity contribution in [3.8, 4) is 22.8 Å². The van der Waals surface area contributed by atoms with Crippen LogP contribution in [-0.2, 0) is 30.2 Å². The first kappa shape index (κ1) is 36.9. The number of para-hydroxylation sites is 1. The predicted octanol–water partition coefficient (Wildman–Crippen LogP) is 9.31. The lowest BCUT2D eigenvalue weighted by atomic mass is 9.96. The lowest BCUT2D eigenvalue weighted by Crippen LogP contribution is -2.25. The maximum absolute atomic E-state index is 13.8. The number of aliphatic carboxylic acids is 1. The molecule has 3 aromatic carbocycles. The molecule has 0 fully saturated rings. The summed E-state index contributed by atoms with van der Waals surface area (Å²) in [6.07, 6.45) is -7.36. The predicted molar refractivity (Wildman–Crippen MR) is 179 cm³/mol. The van der Waals surface area contributed by atoms with Crippen molar-refractivity contribution in [1.82, 2.24) is 15.0 Å². The molecule has 8 nitrogen and oxygen atoms in total. The van der Waals surface area contributed by atoms with Gasteiger partial charge in [-0.05, 0) is 71.5 Å². The zero-order valence-electron chi connectivity index (χ0n) is 27.8. The zero-order chi connectivity index (χ0) is 36.9. The number of carboxylic acid groups (broad SMARTS) is 1. The van der Waals surface area contributed by atoms with Crippen LogP contribution in [0.25, 0.3) is 22.2 Å². The zero-order valence-corrected chi connectivity index (χ0v) is 27.8. The minimum Gasteiger partial charge on any atom is -0.496 e. The molecule has 0 radical (unpaired) electrons. The highest BCUT2D eigenvalue weighted by Gasteiger charge is 2.37. The van der Waals surface area contributed by atoms with Crippen molar-refractivity contribution >= 4 is 22.8 Å². The molecule has 0 unspecified atom stereocenters. The Hall–Kier alpha value is -5.40. The number of nitrogens with zero attached hydrogens (tertiary/aromatic N) is 4. The van der Waals surface area contributed by atoms with E-state index in [-0.39, 0.29) is 55.2 Å². The van der Waals surface area contributed by atoms with E-state index in [4.69, 9.17) is 19.6 Å². The van der Waals surface area contributed by atoms with Gasteiger partial charge in [0, 0.05) is 30.5 Å². The molecule has 0 saturated carbocycles. The second-order valence-electron chi connectivity index (χ2n) is 12.1. The molecule has 0 aliphatic rings. The Morgan fingerprint density at radius 2 is 1.55 bits per heavy atom. The standard InChI is InChI=1S/C37H34F6N4O4/c1-22(2)24-10-11-32(50-3)30(16-24)34-26(15-25-7-4-5-8-31(25)46-34)21-47(35-44-18-29(19-45-35)51-12-6-9-33(48)49)20-23-13-27(36(38,39)40)17-28(14-23)37(41,42)43/h4-5,7-8,10-11,13-19,22H,6,9,12,20-21H2,1-3H3,(H,48,49). The van der Waals surface area contributed by atoms with Gasteiger partial charge < -0.3 is 19.5 Å². The number of alkyl halides is 6. The summed E-state index contributed by atoms with van der Waals surface area (Å²) in [5.74, 6) is -0.132. The molecule has 51 heavy (non-hydrogen) atoms. The molecule has 268 valence electrons. The van der Waals surface area contributed by atoms with E-state index in [9.17, 15) is 31.1 Å². The first-order valence-electron chi connectivity index (χ1n) is 15.9. The largest absolute Gasteiger partial charge is 0.496 e. The van der Waals surface area contributed by atoms with Crippen LogP contribution in [0.2, 0.25) is 0 Å². The Balaban J connectivity index is 1.63. The third-order valence-electron chi connectivity index (χ3n) is 8.03. The fraction of sp³-hybridized carbons (Fsp3) is 0.297. The van der Waals surface area contributed by atoms with Gasteiger partial charge in [-0.3, -0.25) is 4.79 Å². The van der Waals surface area contributed by atoms with Gasteiger partial charge in [-0.2, -0.15) is 26.3 Å². The van der Waals surface area contributed by atoms with Crippen LogP contribution in [0.5, 0.6) is 11.5 Å². The molecular weight excluding hydrogens is 678 g/mol. The van der Waals surface area contributed by atoms with Crippen LogP contribution >= 0.6 is 0 Å². The number of ether oxygens (including phenoxy) is 2. The topological polar surface area (TPSA) is 97.7 Å². The van der Waals surface area contributed by atoms with Crippen LogP contribution in [0.1, 0.15) is 60.4 Å². The number of rotatable bonds is 13. The normalized spacial score (nSPS) is 12.0. The molecule has 0 atom stereocenters. The lowest BCUT2D eigenvalue weighted by molar-refractivity contribution is -0.143. The van der Waals surface area contributed by atoms with Crippen molar-refractivity contribution in [1.29, 1.82) is 0 Å². The first-order valence-corrected chi connectivity index (χ1v) is 15.9. The van der Waals surface area contributed by atoms with Gasteiger partial charge in [0.05, 0.1) is 48.4 Å². The molecule has 0 bridgehead atoms. The molecule has 0 saturated heterocycles. The fourth-order valence-corrected chi connectivity index (χ4v) is 5.48. The van der Waals surface area contributed by atoms with Crippen molar-refractivity contribution in [2.24, 2.45) is 0 Å². The van der Waals surface area contributed by atoms with E-state index < -0.39 is 36.0 Å². The van der Waals surface area contributed by atoms with Crippen LogP contribution in [-0.4, -0.2) is 39.7 Å². The Morgan fingerprint density at radius 1 is 0.882 bits per heavy atom. The van der Waals surface area contributed by atoms with Crippen LogP contribution in [0.3, 0.4) is 0 Å². The van der Waals surface area contributed by atoms with E-state index in [2.05, 4.69) is 9.97 Å². The summed E-state index contributed by atoms with van der Waals surface area (Å²) in [5, 5.41) is 9.62. The smallest absolute Gasteiger partial charge is 0.416 e. The summed E-state index contributed by atoms with van der Waals surface area (Å²) >= 11 is 0. The molecule has 1 N–H and O–H groups in total. The average Bonchev–Trinajstić information content (AvgIpc) is 3.08. The fourth-order valence-electron chi connectivity index (χ4n) is 5.48. The number of anilines is 1. The first-order chi connectivity index (χ1) is 24.1. The third-order valence-corrected chi connectivity index (χ3v) is 8.03. The van der Waals surface area contributed by atoms with E-state index in [1.165, 1.54) is 24.4 Å². The number of halogens is 6. The number of methoxy groups -OCH3 is 1. The Labute approximate surface area is 289 Å². The molecule has 14 heteroatoms. The molecule has 0 spiro atoms. The number of carbonyl (C=O) groups is 1. The van der Waals surface area contributed by atoms with Gasteiger partial charge in [-0.1, -0.05) is 38.1 Å². The highest BCUT2D eigenvalue weighted by Crippen LogP contribution is 2.39. The summed E-state index contributed by atoms with van der Waals surface area (Å²) in [6.45, 7) is 3.60. The number of fused-ring (bicyclic) bond motifs is 1. The van der Waals surface area contributed by atoms with E-state index in [1.807, 2.05) is 62.4 Å². The molecule has 0 aliphatic heterocycles. The van der Waals surface area contributed by atoms with Crippen molar-refractivity contribution in [2.45, 2.75) is 58.0 Å². The van der Waals surface area contributed by atoms with Gasteiger partial charge in [-0.15, -0.1) is 0 Å². The molecule has 5 aromatic rings. The van der Waals surface area contributed by atoms with E-state index in [0.29, 0.717) is 40.2 Å². The van der Waals surface area contributed by atoms with Crippen molar-refractivity contribution in [3.05, 3.63) is 107 Å². The molecule has 0 amide bonds. The lowest BCUT2D eigenvalue weighted by Gasteiger charge is -2.26. The van der Waals surface area contributed by atoms with Crippen LogP contribution in [0, 0.1) is 0 Å². The number of hydrogen-bond donors (Lipinski definition) is 1. The van der Waals surface area contributed by atoms with Gasteiger partial charge in [0.25, 0.3) is 0 Å². The third kappa shape index (κ3) is 9.24. The van der Waals surface area contributed by atoms with Crippen molar-refractivity contribution < 1.29 is 45.7 Å². The number of carboxylic acids is 1. The Bertz CT molecular complexity index is 1970. The highest BCUT2D eigenvalue weighted by molar-refractivity contribution is 5.85. The Kier molecular flexibility index (Phi) is 11.0. The molecule has 0 aliphatic carbocycles. The SMILES string of the molecule is COc1ccc(C(C)C)cc1-c1nc2ccccc2cc1CN(Cc1cc(C(F)(F)F)cc(C(F)(F)F)c1)c1ncc(OCCCC(=O)O)cn1. The van der Waals surface area contributed by atoms with E-state index in [1.54, 1.807) is 0 Å². The van der Waals surface area contributed by atoms with E-state index >= 15 is 0 Å². The maximum Gasteiger partial charge on any atom is 0.416 e. The average molecular weight is 713 g/mol. The maximum atomic E-state index is 13.8. The minimum absolute atomic E-state index is 0.0131. The summed E-state index contributed by atoms with van der Waals surface area (Å²) in [5.41, 5.74) is 0.217. The van der Waals surface area contributed by atoms with Crippen molar-refractivity contribution in [3.63, 3.8) is 0 Å².